The fraction of sp³-hybridized carbons (Fsp3) is 0.381. The number of benzene rings is 2. The van der Waals surface area contributed by atoms with Gasteiger partial charge in [0.1, 0.15) is 5.82 Å². The number of rotatable bonds is 5. The minimum absolute atomic E-state index is 0.216. The summed E-state index contributed by atoms with van der Waals surface area (Å²) in [5.74, 6) is 0.518. The number of hydrogen-bond donors (Lipinski definition) is 2. The lowest BCUT2D eigenvalue weighted by atomic mass is 9.99. The Balaban J connectivity index is 1.48. The molecule has 26 heavy (non-hydrogen) atoms. The second-order valence-corrected chi connectivity index (χ2v) is 6.77. The van der Waals surface area contributed by atoms with Crippen molar-refractivity contribution in [3.63, 3.8) is 0 Å². The molecule has 2 N–H and O–H groups in total. The molecule has 2 aromatic carbocycles. The van der Waals surface area contributed by atoms with Gasteiger partial charge in [-0.05, 0) is 42.2 Å². The van der Waals surface area contributed by atoms with E-state index in [1.54, 1.807) is 13.1 Å². The summed E-state index contributed by atoms with van der Waals surface area (Å²) in [4.78, 5) is 6.76. The Kier molecular flexibility index (Phi) is 6.23. The SMILES string of the molecule is CN=C(NCc1cccc(F)c1)NCC(C)N1CCc2ccccc2C1. The van der Waals surface area contributed by atoms with Crippen LogP contribution < -0.4 is 10.6 Å². The maximum absolute atomic E-state index is 13.3. The summed E-state index contributed by atoms with van der Waals surface area (Å²) >= 11 is 0. The third kappa shape index (κ3) is 4.82. The molecular formula is C21H27FN4. The highest BCUT2D eigenvalue weighted by Gasteiger charge is 2.20. The fourth-order valence-corrected chi connectivity index (χ4v) is 3.32. The van der Waals surface area contributed by atoms with Gasteiger partial charge in [0.05, 0.1) is 0 Å². The zero-order valence-electron chi connectivity index (χ0n) is 15.5. The van der Waals surface area contributed by atoms with Gasteiger partial charge < -0.3 is 10.6 Å². The Morgan fingerprint density at radius 3 is 2.73 bits per heavy atom. The first-order valence-electron chi connectivity index (χ1n) is 9.15. The molecule has 0 saturated heterocycles. The largest absolute Gasteiger partial charge is 0.355 e. The van der Waals surface area contributed by atoms with Crippen LogP contribution in [-0.2, 0) is 19.5 Å². The van der Waals surface area contributed by atoms with Crippen LogP contribution in [0.15, 0.2) is 53.5 Å². The first-order valence-corrected chi connectivity index (χ1v) is 9.15. The Morgan fingerprint density at radius 1 is 1.15 bits per heavy atom. The van der Waals surface area contributed by atoms with Crippen molar-refractivity contribution in [2.24, 2.45) is 4.99 Å². The van der Waals surface area contributed by atoms with E-state index in [0.717, 1.165) is 37.6 Å². The van der Waals surface area contributed by atoms with Crippen molar-refractivity contribution in [3.8, 4) is 0 Å². The second kappa shape index (κ2) is 8.81. The van der Waals surface area contributed by atoms with E-state index in [2.05, 4.69) is 51.7 Å². The highest BCUT2D eigenvalue weighted by atomic mass is 19.1. The average molecular weight is 354 g/mol. The molecule has 5 heteroatoms. The number of guanidine groups is 1. The summed E-state index contributed by atoms with van der Waals surface area (Å²) in [6.07, 6.45) is 1.10. The van der Waals surface area contributed by atoms with E-state index in [4.69, 9.17) is 0 Å². The van der Waals surface area contributed by atoms with E-state index in [0.29, 0.717) is 12.6 Å². The molecule has 1 aliphatic heterocycles. The van der Waals surface area contributed by atoms with Gasteiger partial charge in [0, 0.05) is 39.3 Å². The van der Waals surface area contributed by atoms with Crippen molar-refractivity contribution in [2.75, 3.05) is 20.1 Å². The molecule has 1 aliphatic rings. The minimum atomic E-state index is -0.216. The van der Waals surface area contributed by atoms with E-state index in [1.807, 2.05) is 6.07 Å². The van der Waals surface area contributed by atoms with Gasteiger partial charge in [-0.3, -0.25) is 9.89 Å². The van der Waals surface area contributed by atoms with Gasteiger partial charge in [-0.25, -0.2) is 4.39 Å². The summed E-state index contributed by atoms with van der Waals surface area (Å²) < 4.78 is 13.3. The van der Waals surface area contributed by atoms with Gasteiger partial charge >= 0.3 is 0 Å². The maximum atomic E-state index is 13.3. The standard InChI is InChI=1S/C21H27FN4/c1-16(26-11-10-18-7-3-4-8-19(18)15-26)13-24-21(23-2)25-14-17-6-5-9-20(22)12-17/h3-9,12,16H,10-11,13-15H2,1-2H3,(H2,23,24,25). The molecule has 0 aliphatic carbocycles. The molecule has 138 valence electrons. The van der Waals surface area contributed by atoms with Gasteiger partial charge in [0.15, 0.2) is 5.96 Å². The van der Waals surface area contributed by atoms with Gasteiger partial charge in [-0.15, -0.1) is 0 Å². The highest BCUT2D eigenvalue weighted by Crippen LogP contribution is 2.19. The molecule has 1 unspecified atom stereocenters. The molecule has 1 heterocycles. The Bertz CT molecular complexity index is 759. The van der Waals surface area contributed by atoms with Crippen LogP contribution in [0.2, 0.25) is 0 Å². The lowest BCUT2D eigenvalue weighted by molar-refractivity contribution is 0.191. The molecule has 4 nitrogen and oxygen atoms in total. The molecule has 0 fully saturated rings. The predicted molar refractivity (Wildman–Crippen MR) is 105 cm³/mol. The van der Waals surface area contributed by atoms with Crippen molar-refractivity contribution >= 4 is 5.96 Å². The quantitative estimate of drug-likeness (QED) is 0.641. The van der Waals surface area contributed by atoms with Crippen LogP contribution in [0.3, 0.4) is 0 Å². The van der Waals surface area contributed by atoms with Gasteiger partial charge in [0.25, 0.3) is 0 Å². The van der Waals surface area contributed by atoms with Crippen LogP contribution in [0.4, 0.5) is 4.39 Å². The second-order valence-electron chi connectivity index (χ2n) is 6.77. The molecule has 0 spiro atoms. The minimum Gasteiger partial charge on any atom is -0.355 e. The van der Waals surface area contributed by atoms with Crippen LogP contribution in [0.25, 0.3) is 0 Å². The molecule has 0 aromatic heterocycles. The van der Waals surface area contributed by atoms with Crippen molar-refractivity contribution in [2.45, 2.75) is 32.5 Å². The first kappa shape index (κ1) is 18.4. The number of halogens is 1. The number of aliphatic imine (C=N–C) groups is 1. The van der Waals surface area contributed by atoms with Gasteiger partial charge in [-0.1, -0.05) is 36.4 Å². The zero-order chi connectivity index (χ0) is 18.4. The van der Waals surface area contributed by atoms with Crippen molar-refractivity contribution in [3.05, 3.63) is 71.0 Å². The number of fused-ring (bicyclic) bond motifs is 1. The number of nitrogens with zero attached hydrogens (tertiary/aromatic N) is 2. The lowest BCUT2D eigenvalue weighted by Crippen LogP contribution is -2.47. The van der Waals surface area contributed by atoms with Crippen LogP contribution in [0.1, 0.15) is 23.6 Å². The maximum Gasteiger partial charge on any atom is 0.191 e. The summed E-state index contributed by atoms with van der Waals surface area (Å²) in [7, 11) is 1.75. The summed E-state index contributed by atoms with van der Waals surface area (Å²) in [6, 6.07) is 15.7. The number of nitrogens with one attached hydrogen (secondary N) is 2. The summed E-state index contributed by atoms with van der Waals surface area (Å²) in [5.41, 5.74) is 3.80. The normalized spacial score (nSPS) is 16.0. The van der Waals surface area contributed by atoms with Crippen LogP contribution in [0, 0.1) is 5.82 Å². The van der Waals surface area contributed by atoms with Crippen LogP contribution in [-0.4, -0.2) is 37.0 Å². The third-order valence-corrected chi connectivity index (χ3v) is 4.92. The molecule has 3 rings (SSSR count). The van der Waals surface area contributed by atoms with Crippen LogP contribution >= 0.6 is 0 Å². The van der Waals surface area contributed by atoms with Gasteiger partial charge in [-0.2, -0.15) is 0 Å². The molecule has 0 bridgehead atoms. The van der Waals surface area contributed by atoms with Gasteiger partial charge in [0.2, 0.25) is 0 Å². The number of hydrogen-bond acceptors (Lipinski definition) is 2. The van der Waals surface area contributed by atoms with Crippen molar-refractivity contribution < 1.29 is 4.39 Å². The predicted octanol–water partition coefficient (Wildman–Crippen LogP) is 2.94. The van der Waals surface area contributed by atoms with Crippen molar-refractivity contribution in [1.82, 2.24) is 15.5 Å². The Morgan fingerprint density at radius 2 is 1.96 bits per heavy atom. The summed E-state index contributed by atoms with van der Waals surface area (Å²) in [6.45, 7) is 5.66. The molecular weight excluding hydrogens is 327 g/mol. The van der Waals surface area contributed by atoms with E-state index in [1.165, 1.54) is 23.3 Å². The molecule has 0 saturated carbocycles. The smallest absolute Gasteiger partial charge is 0.191 e. The first-order chi connectivity index (χ1) is 12.7. The van der Waals surface area contributed by atoms with E-state index < -0.39 is 0 Å². The van der Waals surface area contributed by atoms with E-state index >= 15 is 0 Å². The average Bonchev–Trinajstić information content (AvgIpc) is 2.67. The fourth-order valence-electron chi connectivity index (χ4n) is 3.32. The van der Waals surface area contributed by atoms with Crippen molar-refractivity contribution in [1.29, 1.82) is 0 Å². The Hall–Kier alpha value is -2.40. The lowest BCUT2D eigenvalue weighted by Gasteiger charge is -2.34. The molecule has 1 atom stereocenters. The monoisotopic (exact) mass is 354 g/mol. The molecule has 0 radical (unpaired) electrons. The zero-order valence-corrected chi connectivity index (χ0v) is 15.5. The van der Waals surface area contributed by atoms with Crippen LogP contribution in [0.5, 0.6) is 0 Å². The Labute approximate surface area is 155 Å². The molecule has 0 amide bonds. The highest BCUT2D eigenvalue weighted by molar-refractivity contribution is 5.79. The topological polar surface area (TPSA) is 39.7 Å². The van der Waals surface area contributed by atoms with E-state index in [-0.39, 0.29) is 5.82 Å². The molecule has 2 aromatic rings. The third-order valence-electron chi connectivity index (χ3n) is 4.92. The van der Waals surface area contributed by atoms with E-state index in [9.17, 15) is 4.39 Å². The summed E-state index contributed by atoms with van der Waals surface area (Å²) in [5, 5.41) is 6.62.